The molecule has 0 bridgehead atoms. The molecule has 9 heteroatoms. The van der Waals surface area contributed by atoms with Gasteiger partial charge in [-0.05, 0) is 24.3 Å². The van der Waals surface area contributed by atoms with E-state index in [-0.39, 0.29) is 23.2 Å². The van der Waals surface area contributed by atoms with Crippen molar-refractivity contribution in [3.05, 3.63) is 53.6 Å². The van der Waals surface area contributed by atoms with Gasteiger partial charge in [0, 0.05) is 45.0 Å². The van der Waals surface area contributed by atoms with Gasteiger partial charge in [-0.2, -0.15) is 0 Å². The maximum atomic E-state index is 13.8. The summed E-state index contributed by atoms with van der Waals surface area (Å²) in [7, 11) is 0. The van der Waals surface area contributed by atoms with Gasteiger partial charge in [0.25, 0.3) is 5.91 Å². The summed E-state index contributed by atoms with van der Waals surface area (Å²) in [4.78, 5) is 31.2. The van der Waals surface area contributed by atoms with E-state index in [0.717, 1.165) is 12.1 Å². The topological polar surface area (TPSA) is 65.5 Å². The van der Waals surface area contributed by atoms with Gasteiger partial charge in [-0.3, -0.25) is 14.6 Å². The third-order valence-electron chi connectivity index (χ3n) is 4.31. The van der Waals surface area contributed by atoms with E-state index < -0.39 is 17.5 Å². The van der Waals surface area contributed by atoms with E-state index in [4.69, 9.17) is 0 Å². The summed E-state index contributed by atoms with van der Waals surface area (Å²) in [5.74, 6) is -4.57. The minimum atomic E-state index is -1.58. The van der Waals surface area contributed by atoms with Crippen LogP contribution in [0, 0.1) is 17.5 Å². The van der Waals surface area contributed by atoms with Crippen molar-refractivity contribution in [3.8, 4) is 0 Å². The molecule has 1 aliphatic rings. The highest BCUT2D eigenvalue weighted by atomic mass is 19.2. The Labute approximate surface area is 153 Å². The number of pyridine rings is 1. The highest BCUT2D eigenvalue weighted by Gasteiger charge is 2.24. The van der Waals surface area contributed by atoms with Gasteiger partial charge >= 0.3 is 0 Å². The van der Waals surface area contributed by atoms with Crippen LogP contribution in [0.2, 0.25) is 0 Å². The van der Waals surface area contributed by atoms with Crippen LogP contribution >= 0.6 is 0 Å². The first-order chi connectivity index (χ1) is 12.9. The summed E-state index contributed by atoms with van der Waals surface area (Å²) in [6, 6.07) is 4.75. The Balaban J connectivity index is 1.73. The Morgan fingerprint density at radius 2 is 1.67 bits per heavy atom. The first-order valence-corrected chi connectivity index (χ1v) is 8.28. The molecule has 2 aromatic rings. The second-order valence-corrected chi connectivity index (χ2v) is 6.08. The molecule has 1 aromatic heterocycles. The molecule has 2 amide bonds. The van der Waals surface area contributed by atoms with Crippen molar-refractivity contribution < 1.29 is 22.8 Å². The highest BCUT2D eigenvalue weighted by Crippen LogP contribution is 2.24. The van der Waals surface area contributed by atoms with Crippen molar-refractivity contribution in [2.24, 2.45) is 0 Å². The predicted octanol–water partition coefficient (Wildman–Crippen LogP) is 2.55. The molecule has 6 nitrogen and oxygen atoms in total. The number of benzene rings is 1. The molecule has 1 fully saturated rings. The molecular formula is C18H17F3N4O2. The fraction of sp³-hybridized carbons (Fsp3) is 0.278. The zero-order valence-corrected chi connectivity index (χ0v) is 14.5. The number of amides is 2. The number of nitrogens with zero attached hydrogens (tertiary/aromatic N) is 3. The highest BCUT2D eigenvalue weighted by molar-refractivity contribution is 5.93. The zero-order chi connectivity index (χ0) is 19.6. The number of carbonyl (C=O) groups excluding carboxylic acids is 2. The van der Waals surface area contributed by atoms with Gasteiger partial charge in [-0.15, -0.1) is 0 Å². The number of rotatable bonds is 3. The van der Waals surface area contributed by atoms with E-state index in [9.17, 15) is 22.8 Å². The van der Waals surface area contributed by atoms with Crippen LogP contribution in [0.15, 0.2) is 30.5 Å². The van der Waals surface area contributed by atoms with Gasteiger partial charge < -0.3 is 15.1 Å². The number of anilines is 2. The summed E-state index contributed by atoms with van der Waals surface area (Å²) >= 11 is 0. The molecule has 3 rings (SSSR count). The van der Waals surface area contributed by atoms with Crippen LogP contribution in [0.5, 0.6) is 0 Å². The Morgan fingerprint density at radius 1 is 1.00 bits per heavy atom. The van der Waals surface area contributed by atoms with Gasteiger partial charge in [-0.25, -0.2) is 13.2 Å². The summed E-state index contributed by atoms with van der Waals surface area (Å²) < 4.78 is 40.2. The second kappa shape index (κ2) is 7.65. The molecule has 0 saturated carbocycles. The van der Waals surface area contributed by atoms with Crippen molar-refractivity contribution in [1.29, 1.82) is 0 Å². The lowest BCUT2D eigenvalue weighted by Gasteiger charge is -2.34. The molecule has 0 atom stereocenters. The normalized spacial score (nSPS) is 14.2. The van der Waals surface area contributed by atoms with E-state index in [0.29, 0.717) is 31.9 Å². The molecule has 27 heavy (non-hydrogen) atoms. The molecule has 0 unspecified atom stereocenters. The average Bonchev–Trinajstić information content (AvgIpc) is 2.68. The summed E-state index contributed by atoms with van der Waals surface area (Å²) in [6.45, 7) is 3.13. The van der Waals surface area contributed by atoms with Crippen LogP contribution in [0.4, 0.5) is 24.5 Å². The fourth-order valence-electron chi connectivity index (χ4n) is 2.79. The number of aromatic nitrogens is 1. The van der Waals surface area contributed by atoms with Crippen molar-refractivity contribution in [2.75, 3.05) is 31.5 Å². The van der Waals surface area contributed by atoms with Crippen LogP contribution in [0.3, 0.4) is 0 Å². The average molecular weight is 378 g/mol. The smallest absolute Gasteiger partial charge is 0.272 e. The molecule has 0 radical (unpaired) electrons. The van der Waals surface area contributed by atoms with Gasteiger partial charge in [0.2, 0.25) is 5.91 Å². The van der Waals surface area contributed by atoms with E-state index in [1.165, 1.54) is 25.3 Å². The lowest BCUT2D eigenvalue weighted by Crippen LogP contribution is -2.50. The van der Waals surface area contributed by atoms with Gasteiger partial charge in [0.15, 0.2) is 17.5 Å². The van der Waals surface area contributed by atoms with Crippen molar-refractivity contribution >= 4 is 23.2 Å². The van der Waals surface area contributed by atoms with Gasteiger partial charge in [0.05, 0.1) is 5.69 Å². The SMILES string of the molecule is CC(=O)N1CCN(C(=O)c2cc(Nc3ccc(F)c(F)c3F)ccn2)CC1. The van der Waals surface area contributed by atoms with Gasteiger partial charge in [0.1, 0.15) is 5.69 Å². The Kier molecular flexibility index (Phi) is 5.29. The van der Waals surface area contributed by atoms with E-state index in [2.05, 4.69) is 10.3 Å². The first-order valence-electron chi connectivity index (χ1n) is 8.28. The van der Waals surface area contributed by atoms with E-state index in [1.54, 1.807) is 9.80 Å². The van der Waals surface area contributed by atoms with E-state index in [1.807, 2.05) is 0 Å². The van der Waals surface area contributed by atoms with Crippen LogP contribution in [0.1, 0.15) is 17.4 Å². The maximum absolute atomic E-state index is 13.8. The summed E-state index contributed by atoms with van der Waals surface area (Å²) in [6.07, 6.45) is 1.36. The molecule has 1 aliphatic heterocycles. The summed E-state index contributed by atoms with van der Waals surface area (Å²) in [5, 5.41) is 2.62. The lowest BCUT2D eigenvalue weighted by molar-refractivity contribution is -0.130. The molecular weight excluding hydrogens is 361 g/mol. The minimum Gasteiger partial charge on any atom is -0.353 e. The minimum absolute atomic E-state index is 0.0417. The molecule has 0 spiro atoms. The monoisotopic (exact) mass is 378 g/mol. The molecule has 1 saturated heterocycles. The van der Waals surface area contributed by atoms with Crippen molar-refractivity contribution in [2.45, 2.75) is 6.92 Å². The zero-order valence-electron chi connectivity index (χ0n) is 14.5. The van der Waals surface area contributed by atoms with Crippen molar-refractivity contribution in [3.63, 3.8) is 0 Å². The van der Waals surface area contributed by atoms with Gasteiger partial charge in [-0.1, -0.05) is 0 Å². The maximum Gasteiger partial charge on any atom is 0.272 e. The van der Waals surface area contributed by atoms with Crippen LogP contribution in [-0.2, 0) is 4.79 Å². The molecule has 0 aliphatic carbocycles. The second-order valence-electron chi connectivity index (χ2n) is 6.08. The number of piperazine rings is 1. The summed E-state index contributed by atoms with van der Waals surface area (Å²) in [5.41, 5.74) is 0.175. The van der Waals surface area contributed by atoms with Crippen molar-refractivity contribution in [1.82, 2.24) is 14.8 Å². The van der Waals surface area contributed by atoms with Crippen LogP contribution < -0.4 is 5.32 Å². The predicted molar refractivity (Wildman–Crippen MR) is 92.0 cm³/mol. The first kappa shape index (κ1) is 18.7. The number of halogens is 3. The molecule has 1 N–H and O–H groups in total. The number of carbonyl (C=O) groups is 2. The Bertz CT molecular complexity index is 883. The fourth-order valence-corrected chi connectivity index (χ4v) is 2.79. The van der Waals surface area contributed by atoms with Crippen LogP contribution in [0.25, 0.3) is 0 Å². The lowest BCUT2D eigenvalue weighted by atomic mass is 10.2. The molecule has 142 valence electrons. The Morgan fingerprint density at radius 3 is 2.33 bits per heavy atom. The largest absolute Gasteiger partial charge is 0.353 e. The number of nitrogens with one attached hydrogen (secondary N) is 1. The molecule has 1 aromatic carbocycles. The van der Waals surface area contributed by atoms with E-state index >= 15 is 0 Å². The third-order valence-corrected chi connectivity index (χ3v) is 4.31. The standard InChI is InChI=1S/C18H17F3N4O2/c1-11(26)24-6-8-25(9-7-24)18(27)15-10-12(4-5-22-15)23-14-3-2-13(19)16(20)17(14)21/h2-5,10H,6-9H2,1H3,(H,22,23). The third kappa shape index (κ3) is 4.02. The molecule has 2 heterocycles. The van der Waals surface area contributed by atoms with Crippen LogP contribution in [-0.4, -0.2) is 52.8 Å². The number of hydrogen-bond donors (Lipinski definition) is 1. The Hall–Kier alpha value is -3.10. The number of hydrogen-bond acceptors (Lipinski definition) is 4. The quantitative estimate of drug-likeness (QED) is 0.834.